The summed E-state index contributed by atoms with van der Waals surface area (Å²) in [4.78, 5) is 36.8. The van der Waals surface area contributed by atoms with Crippen molar-refractivity contribution in [2.75, 3.05) is 14.1 Å². The fraction of sp³-hybridized carbons (Fsp3) is 0.471. The van der Waals surface area contributed by atoms with Gasteiger partial charge in [0, 0.05) is 24.1 Å². The molecule has 0 radical (unpaired) electrons. The van der Waals surface area contributed by atoms with E-state index >= 15 is 0 Å². The second-order valence-corrected chi connectivity index (χ2v) is 7.95. The first-order valence-electron chi connectivity index (χ1n) is 7.73. The van der Waals surface area contributed by atoms with Crippen molar-refractivity contribution in [2.45, 2.75) is 38.8 Å². The van der Waals surface area contributed by atoms with Gasteiger partial charge < -0.3 is 20.1 Å². The summed E-state index contributed by atoms with van der Waals surface area (Å²) in [6, 6.07) is 0.925. The number of carboxylic acid groups (broad SMARTS) is 1. The molecule has 0 spiro atoms. The van der Waals surface area contributed by atoms with Crippen molar-refractivity contribution in [2.24, 2.45) is 0 Å². The molecule has 7 nitrogen and oxygen atoms in total. The number of nitrogens with zero attached hydrogens (tertiary/aromatic N) is 1. The third kappa shape index (κ3) is 6.43. The van der Waals surface area contributed by atoms with Crippen LogP contribution in [0.3, 0.4) is 0 Å². The Labute approximate surface area is 165 Å². The molecule has 0 fully saturated rings. The van der Waals surface area contributed by atoms with Crippen LogP contribution in [0.5, 0.6) is 0 Å². The number of ether oxygens (including phenoxy) is 1. The van der Waals surface area contributed by atoms with Crippen LogP contribution in [0.25, 0.3) is 0 Å². The van der Waals surface area contributed by atoms with Crippen LogP contribution in [0.15, 0.2) is 12.1 Å². The van der Waals surface area contributed by atoms with Crippen LogP contribution in [0.2, 0.25) is 0 Å². The Balaban J connectivity index is 3.11. The SMILES string of the molecule is CN(C)C(=O)c1cc(F)cc(CC(NC(=O)OC(C)(C)C)C(=O)O)c1I. The number of benzene rings is 1. The number of carbonyl (C=O) groups excluding carboxylic acids is 2. The Morgan fingerprint density at radius 1 is 1.31 bits per heavy atom. The van der Waals surface area contributed by atoms with E-state index in [1.807, 2.05) is 22.6 Å². The minimum absolute atomic E-state index is 0.131. The molecule has 0 bridgehead atoms. The lowest BCUT2D eigenvalue weighted by Gasteiger charge is -2.22. The molecule has 0 aliphatic rings. The summed E-state index contributed by atoms with van der Waals surface area (Å²) in [5, 5.41) is 11.6. The van der Waals surface area contributed by atoms with Gasteiger partial charge in [-0.1, -0.05) is 0 Å². The van der Waals surface area contributed by atoms with Crippen molar-refractivity contribution in [1.29, 1.82) is 0 Å². The maximum atomic E-state index is 13.9. The van der Waals surface area contributed by atoms with E-state index in [0.717, 1.165) is 12.1 Å². The van der Waals surface area contributed by atoms with Crippen LogP contribution in [0.1, 0.15) is 36.7 Å². The summed E-state index contributed by atoms with van der Waals surface area (Å²) in [6.45, 7) is 4.95. The van der Waals surface area contributed by atoms with Crippen molar-refractivity contribution >= 4 is 40.6 Å². The van der Waals surface area contributed by atoms with E-state index in [1.54, 1.807) is 20.8 Å². The minimum Gasteiger partial charge on any atom is -0.480 e. The van der Waals surface area contributed by atoms with Crippen LogP contribution in [0.4, 0.5) is 9.18 Å². The number of carbonyl (C=O) groups is 3. The molecular formula is C17H22FIN2O5. The molecule has 0 saturated carbocycles. The summed E-state index contributed by atoms with van der Waals surface area (Å²) in [7, 11) is 3.07. The van der Waals surface area contributed by atoms with E-state index in [0.29, 0.717) is 9.13 Å². The Kier molecular flexibility index (Phi) is 7.36. The number of rotatable bonds is 5. The Hall–Kier alpha value is -1.91. The summed E-state index contributed by atoms with van der Waals surface area (Å²) < 4.78 is 19.4. The first-order valence-corrected chi connectivity index (χ1v) is 8.81. The van der Waals surface area contributed by atoms with Crippen LogP contribution in [-0.2, 0) is 16.0 Å². The molecule has 2 amide bonds. The third-order valence-corrected chi connectivity index (χ3v) is 4.44. The van der Waals surface area contributed by atoms with Gasteiger partial charge in [0.15, 0.2) is 0 Å². The summed E-state index contributed by atoms with van der Waals surface area (Å²) in [5.41, 5.74) is -0.350. The number of hydrogen-bond donors (Lipinski definition) is 2. The van der Waals surface area contributed by atoms with Gasteiger partial charge in [-0.25, -0.2) is 14.0 Å². The molecule has 1 atom stereocenters. The lowest BCUT2D eigenvalue weighted by molar-refractivity contribution is -0.139. The molecule has 1 rings (SSSR count). The van der Waals surface area contributed by atoms with Gasteiger partial charge in [-0.2, -0.15) is 0 Å². The number of carboxylic acids is 1. The van der Waals surface area contributed by atoms with Crippen molar-refractivity contribution in [1.82, 2.24) is 10.2 Å². The second-order valence-electron chi connectivity index (χ2n) is 6.87. The normalized spacial score (nSPS) is 12.3. The van der Waals surface area contributed by atoms with Crippen molar-refractivity contribution in [3.05, 3.63) is 32.6 Å². The maximum absolute atomic E-state index is 13.9. The van der Waals surface area contributed by atoms with Gasteiger partial charge in [-0.15, -0.1) is 0 Å². The number of halogens is 2. The van der Waals surface area contributed by atoms with E-state index in [4.69, 9.17) is 4.74 Å². The fourth-order valence-electron chi connectivity index (χ4n) is 2.06. The predicted molar refractivity (Wildman–Crippen MR) is 102 cm³/mol. The van der Waals surface area contributed by atoms with E-state index in [9.17, 15) is 23.9 Å². The monoisotopic (exact) mass is 480 g/mol. The molecule has 0 heterocycles. The summed E-state index contributed by atoms with van der Waals surface area (Å²) in [5.74, 6) is -2.36. The van der Waals surface area contributed by atoms with E-state index in [2.05, 4.69) is 5.32 Å². The van der Waals surface area contributed by atoms with E-state index in [-0.39, 0.29) is 12.0 Å². The molecule has 144 valence electrons. The van der Waals surface area contributed by atoms with Crippen LogP contribution < -0.4 is 5.32 Å². The zero-order valence-electron chi connectivity index (χ0n) is 15.2. The summed E-state index contributed by atoms with van der Waals surface area (Å²) in [6.07, 6.45) is -1.08. The Morgan fingerprint density at radius 3 is 2.35 bits per heavy atom. The lowest BCUT2D eigenvalue weighted by Crippen LogP contribution is -2.44. The second kappa shape index (κ2) is 8.65. The molecule has 1 aromatic rings. The molecule has 0 aromatic heterocycles. The smallest absolute Gasteiger partial charge is 0.408 e. The van der Waals surface area contributed by atoms with E-state index < -0.39 is 35.4 Å². The first-order chi connectivity index (χ1) is 11.8. The maximum Gasteiger partial charge on any atom is 0.408 e. The highest BCUT2D eigenvalue weighted by atomic mass is 127. The highest BCUT2D eigenvalue weighted by molar-refractivity contribution is 14.1. The number of alkyl carbamates (subject to hydrolysis) is 1. The number of hydrogen-bond acceptors (Lipinski definition) is 4. The molecule has 0 aliphatic carbocycles. The fourth-order valence-corrected chi connectivity index (χ4v) is 2.82. The van der Waals surface area contributed by atoms with Gasteiger partial charge in [-0.05, 0) is 61.1 Å². The molecule has 0 aliphatic heterocycles. The summed E-state index contributed by atoms with van der Waals surface area (Å²) >= 11 is 1.87. The molecule has 2 N–H and O–H groups in total. The highest BCUT2D eigenvalue weighted by Gasteiger charge is 2.26. The van der Waals surface area contributed by atoms with Crippen molar-refractivity contribution in [3.63, 3.8) is 0 Å². The lowest BCUT2D eigenvalue weighted by atomic mass is 10.0. The van der Waals surface area contributed by atoms with Crippen LogP contribution in [0, 0.1) is 9.39 Å². The van der Waals surface area contributed by atoms with Gasteiger partial charge >= 0.3 is 12.1 Å². The van der Waals surface area contributed by atoms with Crippen LogP contribution in [-0.4, -0.2) is 53.7 Å². The van der Waals surface area contributed by atoms with Crippen molar-refractivity contribution in [3.8, 4) is 0 Å². The largest absolute Gasteiger partial charge is 0.480 e. The van der Waals surface area contributed by atoms with Crippen LogP contribution >= 0.6 is 22.6 Å². The molecule has 9 heteroatoms. The van der Waals surface area contributed by atoms with Crippen molar-refractivity contribution < 1.29 is 28.6 Å². The van der Waals surface area contributed by atoms with Gasteiger partial charge in [0.1, 0.15) is 17.5 Å². The minimum atomic E-state index is -1.33. The quantitative estimate of drug-likeness (QED) is 0.632. The zero-order valence-corrected chi connectivity index (χ0v) is 17.4. The predicted octanol–water partition coefficient (Wildman–Crippen LogP) is 2.65. The zero-order chi connectivity index (χ0) is 20.2. The average Bonchev–Trinajstić information content (AvgIpc) is 2.46. The molecule has 0 saturated heterocycles. The number of aliphatic carboxylic acids is 1. The standard InChI is InChI=1S/C17H22FIN2O5/c1-17(2,3)26-16(25)20-12(15(23)24)7-9-6-10(18)8-11(13(9)19)14(22)21(4)5/h6,8,12H,7H2,1-5H3,(H,20,25)(H,23,24). The molecule has 26 heavy (non-hydrogen) atoms. The average molecular weight is 480 g/mol. The molecule has 1 unspecified atom stereocenters. The van der Waals surface area contributed by atoms with Gasteiger partial charge in [-0.3, -0.25) is 4.79 Å². The molecular weight excluding hydrogens is 458 g/mol. The van der Waals surface area contributed by atoms with Gasteiger partial charge in [0.05, 0.1) is 5.56 Å². The Morgan fingerprint density at radius 2 is 1.88 bits per heavy atom. The first kappa shape index (κ1) is 22.1. The van der Waals surface area contributed by atoms with Gasteiger partial charge in [0.2, 0.25) is 0 Å². The number of nitrogens with one attached hydrogen (secondary N) is 1. The van der Waals surface area contributed by atoms with E-state index in [1.165, 1.54) is 19.0 Å². The topological polar surface area (TPSA) is 95.9 Å². The molecule has 1 aromatic carbocycles. The third-order valence-electron chi connectivity index (χ3n) is 3.16. The number of amides is 2. The Bertz CT molecular complexity index is 716. The highest BCUT2D eigenvalue weighted by Crippen LogP contribution is 2.22. The van der Waals surface area contributed by atoms with Gasteiger partial charge in [0.25, 0.3) is 5.91 Å².